The molecule has 1 saturated heterocycles. The highest BCUT2D eigenvalue weighted by atomic mass is 35.5. The van der Waals surface area contributed by atoms with Gasteiger partial charge < -0.3 is 15.5 Å². The van der Waals surface area contributed by atoms with Gasteiger partial charge in [-0.1, -0.05) is 11.6 Å². The van der Waals surface area contributed by atoms with E-state index in [2.05, 4.69) is 27.6 Å². The highest BCUT2D eigenvalue weighted by molar-refractivity contribution is 6.33. The minimum Gasteiger partial charge on any atom is -0.372 e. The summed E-state index contributed by atoms with van der Waals surface area (Å²) >= 11 is 6.02. The van der Waals surface area contributed by atoms with Gasteiger partial charge in [0.05, 0.1) is 10.6 Å². The SMILES string of the molecule is CNc1ncc(C(=O)NC2CCN(C)CC2)cc1Cl. The van der Waals surface area contributed by atoms with E-state index in [0.29, 0.717) is 16.4 Å². The van der Waals surface area contributed by atoms with E-state index in [-0.39, 0.29) is 11.9 Å². The van der Waals surface area contributed by atoms with Crippen LogP contribution in [0.4, 0.5) is 5.82 Å². The lowest BCUT2D eigenvalue weighted by molar-refractivity contribution is 0.0916. The normalized spacial score (nSPS) is 17.2. The molecule has 0 aliphatic carbocycles. The van der Waals surface area contributed by atoms with Gasteiger partial charge in [0.15, 0.2) is 0 Å². The smallest absolute Gasteiger partial charge is 0.253 e. The van der Waals surface area contributed by atoms with E-state index in [9.17, 15) is 4.79 Å². The highest BCUT2D eigenvalue weighted by Crippen LogP contribution is 2.19. The van der Waals surface area contributed by atoms with Gasteiger partial charge in [0.2, 0.25) is 0 Å². The third-order valence-corrected chi connectivity index (χ3v) is 3.68. The number of halogens is 1. The van der Waals surface area contributed by atoms with E-state index in [1.54, 1.807) is 19.3 Å². The molecule has 0 aromatic carbocycles. The van der Waals surface area contributed by atoms with Crippen LogP contribution in [0.5, 0.6) is 0 Å². The van der Waals surface area contributed by atoms with Crippen LogP contribution in [0, 0.1) is 0 Å². The van der Waals surface area contributed by atoms with Crippen LogP contribution in [0.25, 0.3) is 0 Å². The molecule has 1 aromatic rings. The van der Waals surface area contributed by atoms with Crippen LogP contribution in [0.15, 0.2) is 12.3 Å². The molecule has 1 fully saturated rings. The van der Waals surface area contributed by atoms with Crippen LogP contribution in [-0.4, -0.2) is 49.0 Å². The lowest BCUT2D eigenvalue weighted by atomic mass is 10.1. The Balaban J connectivity index is 1.98. The van der Waals surface area contributed by atoms with E-state index in [1.807, 2.05) is 0 Å². The van der Waals surface area contributed by atoms with E-state index in [4.69, 9.17) is 11.6 Å². The maximum absolute atomic E-state index is 12.1. The van der Waals surface area contributed by atoms with Gasteiger partial charge in [-0.05, 0) is 39.0 Å². The number of hydrogen-bond acceptors (Lipinski definition) is 4. The fourth-order valence-corrected chi connectivity index (χ4v) is 2.43. The number of amides is 1. The molecule has 0 bridgehead atoms. The molecule has 0 unspecified atom stereocenters. The van der Waals surface area contributed by atoms with E-state index in [0.717, 1.165) is 25.9 Å². The van der Waals surface area contributed by atoms with Crippen molar-refractivity contribution in [1.82, 2.24) is 15.2 Å². The maximum Gasteiger partial charge on any atom is 0.253 e. The molecule has 2 N–H and O–H groups in total. The van der Waals surface area contributed by atoms with Crippen LogP contribution in [-0.2, 0) is 0 Å². The van der Waals surface area contributed by atoms with Crippen molar-refractivity contribution in [1.29, 1.82) is 0 Å². The second kappa shape index (κ2) is 6.21. The number of aromatic nitrogens is 1. The van der Waals surface area contributed by atoms with Gasteiger partial charge in [0, 0.05) is 19.3 Å². The molecule has 6 heteroatoms. The Morgan fingerprint density at radius 3 is 2.74 bits per heavy atom. The van der Waals surface area contributed by atoms with E-state index < -0.39 is 0 Å². The molecular formula is C13H19ClN4O. The standard InChI is InChI=1S/C13H19ClN4O/c1-15-12-11(14)7-9(8-16-12)13(19)17-10-3-5-18(2)6-4-10/h7-8,10H,3-6H2,1-2H3,(H,15,16)(H,17,19). The van der Waals surface area contributed by atoms with E-state index in [1.165, 1.54) is 0 Å². The van der Waals surface area contributed by atoms with Crippen molar-refractivity contribution >= 4 is 23.3 Å². The highest BCUT2D eigenvalue weighted by Gasteiger charge is 2.19. The van der Waals surface area contributed by atoms with Crippen molar-refractivity contribution in [2.45, 2.75) is 18.9 Å². The summed E-state index contributed by atoms with van der Waals surface area (Å²) in [6, 6.07) is 1.89. The zero-order valence-electron chi connectivity index (χ0n) is 11.2. The quantitative estimate of drug-likeness (QED) is 0.884. The molecule has 0 radical (unpaired) electrons. The minimum absolute atomic E-state index is 0.105. The summed E-state index contributed by atoms with van der Waals surface area (Å²) < 4.78 is 0. The predicted octanol–water partition coefficient (Wildman–Crippen LogP) is 1.60. The summed E-state index contributed by atoms with van der Waals surface area (Å²) in [5.41, 5.74) is 0.503. The third-order valence-electron chi connectivity index (χ3n) is 3.39. The first kappa shape index (κ1) is 14.1. The monoisotopic (exact) mass is 282 g/mol. The minimum atomic E-state index is -0.105. The van der Waals surface area contributed by atoms with Crippen molar-refractivity contribution in [2.75, 3.05) is 32.5 Å². The van der Waals surface area contributed by atoms with Gasteiger partial charge in [0.1, 0.15) is 5.82 Å². The number of hydrogen-bond donors (Lipinski definition) is 2. The Morgan fingerprint density at radius 2 is 2.16 bits per heavy atom. The van der Waals surface area contributed by atoms with E-state index >= 15 is 0 Å². The molecule has 1 aliphatic heterocycles. The number of piperidine rings is 1. The second-order valence-electron chi connectivity index (χ2n) is 4.86. The summed E-state index contributed by atoms with van der Waals surface area (Å²) in [5, 5.41) is 6.36. The summed E-state index contributed by atoms with van der Waals surface area (Å²) in [4.78, 5) is 18.5. The summed E-state index contributed by atoms with van der Waals surface area (Å²) in [6.45, 7) is 2.03. The van der Waals surface area contributed by atoms with Crippen LogP contribution < -0.4 is 10.6 Å². The number of carbonyl (C=O) groups is 1. The molecule has 5 nitrogen and oxygen atoms in total. The van der Waals surface area contributed by atoms with Crippen molar-refractivity contribution in [3.63, 3.8) is 0 Å². The molecule has 1 amide bonds. The number of anilines is 1. The summed E-state index contributed by atoms with van der Waals surface area (Å²) in [6.07, 6.45) is 3.51. The van der Waals surface area contributed by atoms with Gasteiger partial charge in [-0.15, -0.1) is 0 Å². The van der Waals surface area contributed by atoms with Gasteiger partial charge >= 0.3 is 0 Å². The van der Waals surface area contributed by atoms with Crippen LogP contribution in [0.3, 0.4) is 0 Å². The summed E-state index contributed by atoms with van der Waals surface area (Å²) in [7, 11) is 3.84. The van der Waals surface area contributed by atoms with Crippen molar-refractivity contribution in [3.05, 3.63) is 22.8 Å². The molecule has 0 saturated carbocycles. The number of rotatable bonds is 3. The molecule has 1 aliphatic rings. The van der Waals surface area contributed by atoms with Gasteiger partial charge in [0.25, 0.3) is 5.91 Å². The topological polar surface area (TPSA) is 57.3 Å². The number of nitrogens with one attached hydrogen (secondary N) is 2. The third kappa shape index (κ3) is 3.58. The van der Waals surface area contributed by atoms with Gasteiger partial charge in [-0.3, -0.25) is 4.79 Å². The first-order valence-electron chi connectivity index (χ1n) is 6.43. The fourth-order valence-electron chi connectivity index (χ4n) is 2.17. The first-order chi connectivity index (χ1) is 9.10. The largest absolute Gasteiger partial charge is 0.372 e. The summed E-state index contributed by atoms with van der Waals surface area (Å²) in [5.74, 6) is 0.476. The molecule has 19 heavy (non-hydrogen) atoms. The number of pyridine rings is 1. The number of nitrogens with zero attached hydrogens (tertiary/aromatic N) is 2. The lowest BCUT2D eigenvalue weighted by Gasteiger charge is -2.29. The predicted molar refractivity (Wildman–Crippen MR) is 76.8 cm³/mol. The van der Waals surface area contributed by atoms with Crippen molar-refractivity contribution in [2.24, 2.45) is 0 Å². The molecule has 1 aromatic heterocycles. The zero-order chi connectivity index (χ0) is 13.8. The van der Waals surface area contributed by atoms with Gasteiger partial charge in [-0.2, -0.15) is 0 Å². The van der Waals surface area contributed by atoms with Crippen LogP contribution >= 0.6 is 11.6 Å². The molecule has 2 rings (SSSR count). The fraction of sp³-hybridized carbons (Fsp3) is 0.538. The Labute approximate surface area is 118 Å². The maximum atomic E-state index is 12.1. The molecule has 104 valence electrons. The molecule has 0 atom stereocenters. The Bertz CT molecular complexity index is 458. The number of likely N-dealkylation sites (tertiary alicyclic amines) is 1. The van der Waals surface area contributed by atoms with Crippen molar-refractivity contribution in [3.8, 4) is 0 Å². The molecular weight excluding hydrogens is 264 g/mol. The van der Waals surface area contributed by atoms with Gasteiger partial charge in [-0.25, -0.2) is 4.98 Å². The first-order valence-corrected chi connectivity index (χ1v) is 6.80. The average molecular weight is 283 g/mol. The van der Waals surface area contributed by atoms with Crippen LogP contribution in [0.1, 0.15) is 23.2 Å². The van der Waals surface area contributed by atoms with Crippen molar-refractivity contribution < 1.29 is 4.79 Å². The Morgan fingerprint density at radius 1 is 1.47 bits per heavy atom. The average Bonchev–Trinajstić information content (AvgIpc) is 2.41. The Hall–Kier alpha value is -1.33. The number of carbonyl (C=O) groups excluding carboxylic acids is 1. The second-order valence-corrected chi connectivity index (χ2v) is 5.26. The van der Waals surface area contributed by atoms with Crippen LogP contribution in [0.2, 0.25) is 5.02 Å². The lowest BCUT2D eigenvalue weighted by Crippen LogP contribution is -2.43. The zero-order valence-corrected chi connectivity index (χ0v) is 12.0. The Kier molecular flexibility index (Phi) is 4.61. The molecule has 0 spiro atoms. The molecule has 2 heterocycles.